The van der Waals surface area contributed by atoms with Crippen molar-refractivity contribution in [1.82, 2.24) is 4.98 Å². The summed E-state index contributed by atoms with van der Waals surface area (Å²) < 4.78 is 19.8. The summed E-state index contributed by atoms with van der Waals surface area (Å²) in [5, 5.41) is 8.76. The van der Waals surface area contributed by atoms with Crippen LogP contribution in [0.5, 0.6) is 0 Å². The minimum absolute atomic E-state index is 0.0723. The number of rotatable bonds is 2. The predicted octanol–water partition coefficient (Wildman–Crippen LogP) is 2.72. The lowest BCUT2D eigenvalue weighted by atomic mass is 10.0. The van der Waals surface area contributed by atoms with Crippen molar-refractivity contribution in [3.05, 3.63) is 29.1 Å². The van der Waals surface area contributed by atoms with Crippen molar-refractivity contribution < 1.29 is 9.11 Å². The number of aromatic nitrogens is 1. The third kappa shape index (κ3) is 2.60. The highest BCUT2D eigenvalue weighted by molar-refractivity contribution is 8.25. The summed E-state index contributed by atoms with van der Waals surface area (Å²) in [5.74, 6) is 0.516. The molecule has 2 N–H and O–H groups in total. The number of aryl methyl sites for hydroxylation is 1. The Bertz CT molecular complexity index is 468. The highest BCUT2D eigenvalue weighted by Gasteiger charge is 2.31. The van der Waals surface area contributed by atoms with E-state index in [0.717, 1.165) is 24.1 Å². The summed E-state index contributed by atoms with van der Waals surface area (Å²) in [6, 6.07) is 3.86. The summed E-state index contributed by atoms with van der Waals surface area (Å²) in [7, 11) is -2.43. The van der Waals surface area contributed by atoms with E-state index >= 15 is 0 Å². The molecule has 1 unspecified atom stereocenters. The SMILES string of the molecule is Cc1ncc(C#N)cc1CC1CCCS1(O)O. The summed E-state index contributed by atoms with van der Waals surface area (Å²) in [6.07, 6.45) is 3.87. The zero-order valence-electron chi connectivity index (χ0n) is 9.76. The molecule has 1 atom stereocenters. The Kier molecular flexibility index (Phi) is 3.38. The maximum absolute atomic E-state index is 9.89. The van der Waals surface area contributed by atoms with Gasteiger partial charge in [0.2, 0.25) is 0 Å². The molecule has 4 nitrogen and oxygen atoms in total. The summed E-state index contributed by atoms with van der Waals surface area (Å²) >= 11 is 0. The van der Waals surface area contributed by atoms with Crippen LogP contribution in [0.15, 0.2) is 12.3 Å². The van der Waals surface area contributed by atoms with Gasteiger partial charge in [0.1, 0.15) is 6.07 Å². The number of pyridine rings is 1. The van der Waals surface area contributed by atoms with Gasteiger partial charge >= 0.3 is 0 Å². The molecule has 0 radical (unpaired) electrons. The van der Waals surface area contributed by atoms with Crippen LogP contribution in [0.3, 0.4) is 0 Å². The minimum atomic E-state index is -2.43. The van der Waals surface area contributed by atoms with Gasteiger partial charge in [-0.1, -0.05) is 0 Å². The van der Waals surface area contributed by atoms with Crippen molar-refractivity contribution in [3.63, 3.8) is 0 Å². The van der Waals surface area contributed by atoms with Gasteiger partial charge < -0.3 is 0 Å². The van der Waals surface area contributed by atoms with E-state index in [1.165, 1.54) is 0 Å². The summed E-state index contributed by atoms with van der Waals surface area (Å²) in [5.41, 5.74) is 2.35. The number of hydrogen-bond donors (Lipinski definition) is 2. The molecule has 1 fully saturated rings. The van der Waals surface area contributed by atoms with Gasteiger partial charge in [-0.05, 0) is 37.8 Å². The van der Waals surface area contributed by atoms with Gasteiger partial charge in [-0.2, -0.15) is 15.9 Å². The minimum Gasteiger partial charge on any atom is -0.299 e. The van der Waals surface area contributed by atoms with Crippen molar-refractivity contribution >= 4 is 10.6 Å². The van der Waals surface area contributed by atoms with Crippen molar-refractivity contribution in [1.29, 1.82) is 5.26 Å². The molecule has 1 aliphatic heterocycles. The number of nitriles is 1. The van der Waals surface area contributed by atoms with Crippen LogP contribution >= 0.6 is 10.6 Å². The molecule has 0 bridgehead atoms. The first kappa shape index (κ1) is 12.4. The Balaban J connectivity index is 2.21. The maximum Gasteiger partial charge on any atom is 0.101 e. The second-order valence-corrected chi connectivity index (χ2v) is 6.98. The fourth-order valence-corrected chi connectivity index (χ4v) is 4.12. The standard InChI is InChI=1S/C12H16N2O2S/c1-9-11(5-10(7-13)8-14-9)6-12-3-2-4-17(12,15)16/h5,8,12,15-16H,2-4,6H2,1H3. The van der Waals surface area contributed by atoms with E-state index < -0.39 is 10.6 Å². The van der Waals surface area contributed by atoms with E-state index in [-0.39, 0.29) is 5.25 Å². The topological polar surface area (TPSA) is 77.1 Å². The Morgan fingerprint density at radius 1 is 1.59 bits per heavy atom. The van der Waals surface area contributed by atoms with Gasteiger partial charge in [0.05, 0.1) is 10.8 Å². The molecular formula is C12H16N2O2S. The third-order valence-electron chi connectivity index (χ3n) is 3.27. The van der Waals surface area contributed by atoms with E-state index in [0.29, 0.717) is 17.7 Å². The lowest BCUT2D eigenvalue weighted by Gasteiger charge is -2.34. The molecule has 0 saturated carbocycles. The molecular weight excluding hydrogens is 236 g/mol. The van der Waals surface area contributed by atoms with Gasteiger partial charge in [0, 0.05) is 17.6 Å². The van der Waals surface area contributed by atoms with E-state index in [2.05, 4.69) is 11.1 Å². The molecule has 2 heterocycles. The number of nitrogens with zero attached hydrogens (tertiary/aromatic N) is 2. The zero-order valence-corrected chi connectivity index (χ0v) is 10.6. The highest BCUT2D eigenvalue weighted by atomic mass is 32.3. The van der Waals surface area contributed by atoms with Crippen LogP contribution < -0.4 is 0 Å². The van der Waals surface area contributed by atoms with Crippen LogP contribution in [-0.2, 0) is 6.42 Å². The fraction of sp³-hybridized carbons (Fsp3) is 0.500. The van der Waals surface area contributed by atoms with Crippen LogP contribution in [0.4, 0.5) is 0 Å². The first-order chi connectivity index (χ1) is 8.03. The largest absolute Gasteiger partial charge is 0.299 e. The second-order valence-electron chi connectivity index (χ2n) is 4.47. The van der Waals surface area contributed by atoms with E-state index in [1.807, 2.05) is 6.92 Å². The quantitative estimate of drug-likeness (QED) is 0.848. The van der Waals surface area contributed by atoms with Crippen LogP contribution in [0.25, 0.3) is 0 Å². The third-order valence-corrected chi connectivity index (χ3v) is 5.63. The van der Waals surface area contributed by atoms with Crippen molar-refractivity contribution in [2.24, 2.45) is 0 Å². The van der Waals surface area contributed by atoms with Crippen molar-refractivity contribution in [2.45, 2.75) is 31.4 Å². The molecule has 0 spiro atoms. The number of hydrogen-bond acceptors (Lipinski definition) is 4. The van der Waals surface area contributed by atoms with E-state index in [4.69, 9.17) is 5.26 Å². The Labute approximate surface area is 103 Å². The lowest BCUT2D eigenvalue weighted by molar-refractivity contribution is 0.480. The average Bonchev–Trinajstić information content (AvgIpc) is 2.61. The molecule has 5 heteroatoms. The first-order valence-electron chi connectivity index (χ1n) is 5.63. The Morgan fingerprint density at radius 2 is 2.35 bits per heavy atom. The monoisotopic (exact) mass is 252 g/mol. The molecule has 0 aromatic carbocycles. The predicted molar refractivity (Wildman–Crippen MR) is 68.1 cm³/mol. The second kappa shape index (κ2) is 4.65. The molecule has 0 aliphatic carbocycles. The van der Waals surface area contributed by atoms with Crippen LogP contribution in [-0.4, -0.2) is 25.1 Å². The van der Waals surface area contributed by atoms with Gasteiger partial charge in [0.15, 0.2) is 0 Å². The molecule has 1 aromatic rings. The van der Waals surface area contributed by atoms with Gasteiger partial charge in [-0.15, -0.1) is 0 Å². The van der Waals surface area contributed by atoms with Crippen LogP contribution in [0.1, 0.15) is 29.7 Å². The summed E-state index contributed by atoms with van der Waals surface area (Å²) in [6.45, 7) is 1.89. The lowest BCUT2D eigenvalue weighted by Crippen LogP contribution is -2.16. The molecule has 2 rings (SSSR count). The van der Waals surface area contributed by atoms with Crippen molar-refractivity contribution in [3.8, 4) is 6.07 Å². The van der Waals surface area contributed by atoms with Gasteiger partial charge in [-0.3, -0.25) is 14.1 Å². The molecule has 17 heavy (non-hydrogen) atoms. The fourth-order valence-electron chi connectivity index (χ4n) is 2.21. The van der Waals surface area contributed by atoms with Gasteiger partial charge in [-0.25, -0.2) is 0 Å². The molecule has 92 valence electrons. The van der Waals surface area contributed by atoms with Crippen molar-refractivity contribution in [2.75, 3.05) is 5.75 Å². The Morgan fingerprint density at radius 3 is 2.94 bits per heavy atom. The van der Waals surface area contributed by atoms with E-state index in [9.17, 15) is 9.11 Å². The molecule has 0 amide bonds. The average molecular weight is 252 g/mol. The normalized spacial score (nSPS) is 24.2. The zero-order chi connectivity index (χ0) is 12.5. The van der Waals surface area contributed by atoms with Gasteiger partial charge in [0.25, 0.3) is 0 Å². The van der Waals surface area contributed by atoms with E-state index in [1.54, 1.807) is 12.3 Å². The van der Waals surface area contributed by atoms with Crippen LogP contribution in [0.2, 0.25) is 0 Å². The maximum atomic E-state index is 9.89. The summed E-state index contributed by atoms with van der Waals surface area (Å²) in [4.78, 5) is 4.16. The smallest absolute Gasteiger partial charge is 0.101 e. The Hall–Kier alpha value is -1.09. The molecule has 1 aliphatic rings. The highest BCUT2D eigenvalue weighted by Crippen LogP contribution is 2.53. The molecule has 1 aromatic heterocycles. The first-order valence-corrected chi connectivity index (χ1v) is 7.41. The molecule has 1 saturated heterocycles. The van der Waals surface area contributed by atoms with Crippen LogP contribution in [0, 0.1) is 18.3 Å².